The van der Waals surface area contributed by atoms with Crippen LogP contribution >= 0.6 is 11.8 Å². The first-order chi connectivity index (χ1) is 7.03. The minimum absolute atomic E-state index is 0.257. The summed E-state index contributed by atoms with van der Waals surface area (Å²) in [6.45, 7) is 2.78. The highest BCUT2D eigenvalue weighted by molar-refractivity contribution is 7.99. The topological polar surface area (TPSA) is 46.2 Å². The molecule has 0 heterocycles. The van der Waals surface area contributed by atoms with Crippen LogP contribution in [-0.4, -0.2) is 44.0 Å². The van der Waals surface area contributed by atoms with Gasteiger partial charge in [-0.2, -0.15) is 11.8 Å². The van der Waals surface area contributed by atoms with Gasteiger partial charge in [0.1, 0.15) is 9.84 Å². The van der Waals surface area contributed by atoms with Crippen LogP contribution in [0.3, 0.4) is 0 Å². The van der Waals surface area contributed by atoms with E-state index in [1.807, 2.05) is 11.8 Å². The van der Waals surface area contributed by atoms with Gasteiger partial charge in [0.15, 0.2) is 0 Å². The van der Waals surface area contributed by atoms with Gasteiger partial charge >= 0.3 is 0 Å². The molecule has 0 aromatic heterocycles. The van der Waals surface area contributed by atoms with Crippen LogP contribution in [0.1, 0.15) is 26.2 Å². The highest BCUT2D eigenvalue weighted by Crippen LogP contribution is 2.29. The van der Waals surface area contributed by atoms with Crippen molar-refractivity contribution in [2.45, 2.75) is 37.5 Å². The van der Waals surface area contributed by atoms with Crippen molar-refractivity contribution < 1.29 is 8.42 Å². The molecule has 1 aliphatic rings. The van der Waals surface area contributed by atoms with E-state index in [1.165, 1.54) is 25.5 Å². The minimum Gasteiger partial charge on any atom is -0.312 e. The van der Waals surface area contributed by atoms with E-state index in [-0.39, 0.29) is 5.75 Å². The van der Waals surface area contributed by atoms with Crippen molar-refractivity contribution >= 4 is 21.6 Å². The maximum atomic E-state index is 11.0. The van der Waals surface area contributed by atoms with Gasteiger partial charge in [-0.1, -0.05) is 13.3 Å². The molecule has 15 heavy (non-hydrogen) atoms. The Morgan fingerprint density at radius 2 is 2.13 bits per heavy atom. The van der Waals surface area contributed by atoms with Crippen molar-refractivity contribution in [1.29, 1.82) is 0 Å². The number of rotatable bonds is 6. The third kappa shape index (κ3) is 5.22. The standard InChI is InChI=1S/C10H21NO2S2/c1-3-14-10-6-4-5-9(10)11-7-8-15(2,12)13/h9-11H,3-8H2,1-2H3. The van der Waals surface area contributed by atoms with Gasteiger partial charge in [-0.15, -0.1) is 0 Å². The van der Waals surface area contributed by atoms with Gasteiger partial charge in [0.2, 0.25) is 0 Å². The highest BCUT2D eigenvalue weighted by atomic mass is 32.2. The molecule has 0 amide bonds. The molecule has 5 heteroatoms. The second-order valence-corrected chi connectivity index (χ2v) is 7.89. The SMILES string of the molecule is CCSC1CCCC1NCCS(C)(=O)=O. The maximum absolute atomic E-state index is 11.0. The van der Waals surface area contributed by atoms with Gasteiger partial charge in [0, 0.05) is 24.1 Å². The fourth-order valence-corrected chi connectivity index (χ4v) is 3.72. The number of sulfone groups is 1. The summed E-state index contributed by atoms with van der Waals surface area (Å²) in [5.41, 5.74) is 0. The summed E-state index contributed by atoms with van der Waals surface area (Å²) in [6.07, 6.45) is 5.03. The average Bonchev–Trinajstić information content (AvgIpc) is 2.51. The lowest BCUT2D eigenvalue weighted by molar-refractivity contribution is 0.544. The van der Waals surface area contributed by atoms with E-state index in [9.17, 15) is 8.42 Å². The van der Waals surface area contributed by atoms with E-state index >= 15 is 0 Å². The normalized spacial score (nSPS) is 27.1. The molecule has 0 saturated heterocycles. The van der Waals surface area contributed by atoms with E-state index in [2.05, 4.69) is 12.2 Å². The molecule has 0 bridgehead atoms. The summed E-state index contributed by atoms with van der Waals surface area (Å²) in [7, 11) is -2.81. The molecule has 0 aromatic rings. The van der Waals surface area contributed by atoms with Crippen LogP contribution in [0.2, 0.25) is 0 Å². The molecular weight excluding hydrogens is 230 g/mol. The second kappa shape index (κ2) is 6.11. The van der Waals surface area contributed by atoms with Gasteiger partial charge in [-0.25, -0.2) is 8.42 Å². The molecule has 0 spiro atoms. The monoisotopic (exact) mass is 251 g/mol. The van der Waals surface area contributed by atoms with Crippen molar-refractivity contribution in [1.82, 2.24) is 5.32 Å². The number of hydrogen-bond donors (Lipinski definition) is 1. The van der Waals surface area contributed by atoms with Crippen LogP contribution in [0.5, 0.6) is 0 Å². The first-order valence-electron chi connectivity index (χ1n) is 5.55. The third-order valence-electron chi connectivity index (χ3n) is 2.71. The fraction of sp³-hybridized carbons (Fsp3) is 1.00. The van der Waals surface area contributed by atoms with Gasteiger partial charge in [-0.05, 0) is 18.6 Å². The summed E-state index contributed by atoms with van der Waals surface area (Å²) in [4.78, 5) is 0. The Morgan fingerprint density at radius 3 is 2.73 bits per heavy atom. The van der Waals surface area contributed by atoms with E-state index < -0.39 is 9.84 Å². The zero-order valence-electron chi connectivity index (χ0n) is 9.53. The van der Waals surface area contributed by atoms with Crippen LogP contribution in [0.15, 0.2) is 0 Å². The van der Waals surface area contributed by atoms with E-state index in [1.54, 1.807) is 0 Å². The predicted octanol–water partition coefficient (Wildman–Crippen LogP) is 1.29. The third-order valence-corrected chi connectivity index (χ3v) is 4.98. The summed E-state index contributed by atoms with van der Waals surface area (Å²) in [5.74, 6) is 1.40. The molecule has 0 aliphatic heterocycles. The van der Waals surface area contributed by atoms with Crippen molar-refractivity contribution in [2.75, 3.05) is 24.3 Å². The van der Waals surface area contributed by atoms with Crippen LogP contribution in [0, 0.1) is 0 Å². The average molecular weight is 251 g/mol. The molecule has 2 unspecified atom stereocenters. The molecule has 0 aromatic carbocycles. The Balaban J connectivity index is 2.25. The van der Waals surface area contributed by atoms with Crippen molar-refractivity contribution in [2.24, 2.45) is 0 Å². The summed E-state index contributed by atoms with van der Waals surface area (Å²) >= 11 is 1.99. The molecule has 1 N–H and O–H groups in total. The van der Waals surface area contributed by atoms with Crippen LogP contribution < -0.4 is 5.32 Å². The molecule has 1 aliphatic carbocycles. The maximum Gasteiger partial charge on any atom is 0.148 e. The summed E-state index contributed by atoms with van der Waals surface area (Å²) in [6, 6.07) is 0.525. The molecule has 1 saturated carbocycles. The smallest absolute Gasteiger partial charge is 0.148 e. The molecule has 2 atom stereocenters. The molecule has 1 rings (SSSR count). The summed E-state index contributed by atoms with van der Waals surface area (Å²) in [5, 5.41) is 4.06. The fourth-order valence-electron chi connectivity index (χ4n) is 2.00. The first kappa shape index (κ1) is 13.3. The second-order valence-electron chi connectivity index (χ2n) is 4.12. The van der Waals surface area contributed by atoms with Gasteiger partial charge in [-0.3, -0.25) is 0 Å². The lowest BCUT2D eigenvalue weighted by atomic mass is 10.2. The Morgan fingerprint density at radius 1 is 1.40 bits per heavy atom. The van der Waals surface area contributed by atoms with Gasteiger partial charge < -0.3 is 5.32 Å². The lowest BCUT2D eigenvalue weighted by Crippen LogP contribution is -2.37. The minimum atomic E-state index is -2.81. The molecule has 1 fully saturated rings. The lowest BCUT2D eigenvalue weighted by Gasteiger charge is -2.19. The van der Waals surface area contributed by atoms with Crippen molar-refractivity contribution in [3.63, 3.8) is 0 Å². The first-order valence-corrected chi connectivity index (χ1v) is 8.66. The Bertz CT molecular complexity index is 277. The Hall–Kier alpha value is 0.260. The number of hydrogen-bond acceptors (Lipinski definition) is 4. The van der Waals surface area contributed by atoms with Crippen LogP contribution in [-0.2, 0) is 9.84 Å². The number of nitrogens with one attached hydrogen (secondary N) is 1. The molecular formula is C10H21NO2S2. The van der Waals surface area contributed by atoms with E-state index in [0.29, 0.717) is 17.8 Å². The van der Waals surface area contributed by atoms with Crippen LogP contribution in [0.25, 0.3) is 0 Å². The van der Waals surface area contributed by atoms with E-state index in [4.69, 9.17) is 0 Å². The highest BCUT2D eigenvalue weighted by Gasteiger charge is 2.26. The molecule has 3 nitrogen and oxygen atoms in total. The number of thioether (sulfide) groups is 1. The predicted molar refractivity (Wildman–Crippen MR) is 67.3 cm³/mol. The van der Waals surface area contributed by atoms with E-state index in [0.717, 1.165) is 5.75 Å². The zero-order chi connectivity index (χ0) is 11.3. The Kier molecular flexibility index (Phi) is 5.43. The van der Waals surface area contributed by atoms with Gasteiger partial charge in [0.25, 0.3) is 0 Å². The Labute approximate surface area is 97.3 Å². The van der Waals surface area contributed by atoms with Gasteiger partial charge in [0.05, 0.1) is 5.75 Å². The zero-order valence-corrected chi connectivity index (χ0v) is 11.2. The molecule has 90 valence electrons. The van der Waals surface area contributed by atoms with Crippen molar-refractivity contribution in [3.05, 3.63) is 0 Å². The summed E-state index contributed by atoms with van der Waals surface area (Å²) < 4.78 is 21.9. The quantitative estimate of drug-likeness (QED) is 0.773. The van der Waals surface area contributed by atoms with Crippen LogP contribution in [0.4, 0.5) is 0 Å². The largest absolute Gasteiger partial charge is 0.312 e. The van der Waals surface area contributed by atoms with Crippen molar-refractivity contribution in [3.8, 4) is 0 Å². The molecule has 0 radical (unpaired) electrons.